The molecule has 2 fully saturated rings. The lowest BCUT2D eigenvalue weighted by Gasteiger charge is -2.34. The highest BCUT2D eigenvalue weighted by Crippen LogP contribution is 2.18. The minimum absolute atomic E-state index is 0.217. The second kappa shape index (κ2) is 6.92. The molecule has 2 atom stereocenters. The van der Waals surface area contributed by atoms with Crippen LogP contribution in [0, 0.1) is 5.92 Å². The van der Waals surface area contributed by atoms with Crippen LogP contribution in [0.2, 0.25) is 0 Å². The third kappa shape index (κ3) is 3.85. The van der Waals surface area contributed by atoms with Crippen LogP contribution in [0.1, 0.15) is 32.1 Å². The Balaban J connectivity index is 1.82. The topological polar surface area (TPSA) is 72.9 Å². The van der Waals surface area contributed by atoms with Crippen LogP contribution in [0.4, 0.5) is 4.79 Å². The number of carboxylic acids is 1. The molecular formula is C14H25N3O3. The number of amides is 2. The van der Waals surface area contributed by atoms with Crippen molar-refractivity contribution in [3.8, 4) is 0 Å². The summed E-state index contributed by atoms with van der Waals surface area (Å²) in [6, 6.07) is -0.872. The van der Waals surface area contributed by atoms with E-state index in [-0.39, 0.29) is 6.03 Å². The summed E-state index contributed by atoms with van der Waals surface area (Å²) in [5, 5.41) is 12.1. The average molecular weight is 283 g/mol. The Morgan fingerprint density at radius 1 is 1.20 bits per heavy atom. The van der Waals surface area contributed by atoms with Gasteiger partial charge in [-0.3, -0.25) is 0 Å². The Hall–Kier alpha value is -1.30. The number of rotatable bonds is 3. The van der Waals surface area contributed by atoms with Crippen molar-refractivity contribution in [3.05, 3.63) is 0 Å². The number of likely N-dealkylation sites (tertiary alicyclic amines) is 2. The Morgan fingerprint density at radius 2 is 2.00 bits per heavy atom. The number of carboxylic acid groups (broad SMARTS) is 1. The van der Waals surface area contributed by atoms with Crippen molar-refractivity contribution in [2.45, 2.75) is 38.1 Å². The van der Waals surface area contributed by atoms with Gasteiger partial charge in [0.2, 0.25) is 0 Å². The van der Waals surface area contributed by atoms with E-state index in [1.54, 1.807) is 0 Å². The first kappa shape index (κ1) is 15.1. The van der Waals surface area contributed by atoms with Crippen LogP contribution < -0.4 is 5.32 Å². The van der Waals surface area contributed by atoms with Gasteiger partial charge in [0.1, 0.15) is 6.04 Å². The van der Waals surface area contributed by atoms with Crippen LogP contribution >= 0.6 is 0 Å². The molecular weight excluding hydrogens is 258 g/mol. The number of carbonyl (C=O) groups excluding carboxylic acids is 1. The number of carbonyl (C=O) groups is 2. The smallest absolute Gasteiger partial charge is 0.326 e. The summed E-state index contributed by atoms with van der Waals surface area (Å²) in [5.74, 6) is -0.414. The van der Waals surface area contributed by atoms with E-state index in [2.05, 4.69) is 17.3 Å². The van der Waals surface area contributed by atoms with E-state index >= 15 is 0 Å². The summed E-state index contributed by atoms with van der Waals surface area (Å²) in [7, 11) is 2.10. The summed E-state index contributed by atoms with van der Waals surface area (Å²) >= 11 is 0. The van der Waals surface area contributed by atoms with Gasteiger partial charge in [0.15, 0.2) is 0 Å². The molecule has 0 aromatic rings. The minimum atomic E-state index is -0.891. The molecule has 2 amide bonds. The molecule has 2 rings (SSSR count). The number of hydrogen-bond donors (Lipinski definition) is 2. The largest absolute Gasteiger partial charge is 0.480 e. The molecule has 0 spiro atoms. The zero-order chi connectivity index (χ0) is 14.5. The highest BCUT2D eigenvalue weighted by atomic mass is 16.4. The van der Waals surface area contributed by atoms with Crippen LogP contribution in [0.3, 0.4) is 0 Å². The van der Waals surface area contributed by atoms with E-state index in [9.17, 15) is 14.7 Å². The summed E-state index contributed by atoms with van der Waals surface area (Å²) in [4.78, 5) is 27.1. The van der Waals surface area contributed by atoms with Crippen molar-refractivity contribution < 1.29 is 14.7 Å². The Kier molecular flexibility index (Phi) is 5.23. The van der Waals surface area contributed by atoms with Crippen molar-refractivity contribution in [1.29, 1.82) is 0 Å². The highest BCUT2D eigenvalue weighted by Gasteiger charge is 2.32. The van der Waals surface area contributed by atoms with Gasteiger partial charge in [-0.25, -0.2) is 9.59 Å². The third-order valence-corrected chi connectivity index (χ3v) is 4.31. The monoisotopic (exact) mass is 283 g/mol. The maximum absolute atomic E-state index is 12.2. The molecule has 0 aliphatic carbocycles. The first-order valence-electron chi connectivity index (χ1n) is 7.53. The molecule has 6 heteroatoms. The molecule has 20 heavy (non-hydrogen) atoms. The van der Waals surface area contributed by atoms with Gasteiger partial charge in [-0.05, 0) is 51.6 Å². The summed E-state index contributed by atoms with van der Waals surface area (Å²) in [6.45, 7) is 3.32. The van der Waals surface area contributed by atoms with Crippen LogP contribution in [0.5, 0.6) is 0 Å². The van der Waals surface area contributed by atoms with Gasteiger partial charge in [-0.1, -0.05) is 0 Å². The van der Waals surface area contributed by atoms with E-state index in [1.807, 2.05) is 0 Å². The molecule has 2 aliphatic rings. The Labute approximate surface area is 120 Å². The third-order valence-electron chi connectivity index (χ3n) is 4.31. The minimum Gasteiger partial charge on any atom is -0.480 e. The fourth-order valence-electron chi connectivity index (χ4n) is 3.20. The predicted octanol–water partition coefficient (Wildman–Crippen LogP) is 0.977. The summed E-state index contributed by atoms with van der Waals surface area (Å²) in [5.41, 5.74) is 0. The van der Waals surface area contributed by atoms with E-state index < -0.39 is 12.0 Å². The SMILES string of the molecule is CN1CCCC(CNC(=O)N2CCCCC2C(=O)O)C1. The molecule has 6 nitrogen and oxygen atoms in total. The standard InChI is InChI=1S/C14H25N3O3/c1-16-7-4-5-11(10-16)9-15-14(20)17-8-3-2-6-12(17)13(18)19/h11-12H,2-10H2,1H3,(H,15,20)(H,18,19). The molecule has 2 aliphatic heterocycles. The lowest BCUT2D eigenvalue weighted by atomic mass is 9.98. The average Bonchev–Trinajstić information content (AvgIpc) is 2.45. The molecule has 2 N–H and O–H groups in total. The van der Waals surface area contributed by atoms with Crippen molar-refractivity contribution in [3.63, 3.8) is 0 Å². The fourth-order valence-corrected chi connectivity index (χ4v) is 3.20. The van der Waals surface area contributed by atoms with Crippen molar-refractivity contribution in [1.82, 2.24) is 15.1 Å². The number of nitrogens with zero attached hydrogens (tertiary/aromatic N) is 2. The van der Waals surface area contributed by atoms with Crippen LogP contribution in [0.15, 0.2) is 0 Å². The number of hydrogen-bond acceptors (Lipinski definition) is 3. The molecule has 114 valence electrons. The maximum Gasteiger partial charge on any atom is 0.326 e. The van der Waals surface area contributed by atoms with E-state index in [0.29, 0.717) is 25.4 Å². The summed E-state index contributed by atoms with van der Waals surface area (Å²) in [6.07, 6.45) is 4.64. The van der Waals surface area contributed by atoms with Gasteiger partial charge < -0.3 is 20.2 Å². The van der Waals surface area contributed by atoms with Crippen LogP contribution in [-0.2, 0) is 4.79 Å². The van der Waals surface area contributed by atoms with Gasteiger partial charge in [-0.15, -0.1) is 0 Å². The van der Waals surface area contributed by atoms with Gasteiger partial charge >= 0.3 is 12.0 Å². The quantitative estimate of drug-likeness (QED) is 0.810. The molecule has 0 aromatic heterocycles. The predicted molar refractivity (Wildman–Crippen MR) is 75.6 cm³/mol. The second-order valence-electron chi connectivity index (χ2n) is 6.00. The Bertz CT molecular complexity index is 362. The van der Waals surface area contributed by atoms with E-state index in [4.69, 9.17) is 0 Å². The zero-order valence-corrected chi connectivity index (χ0v) is 12.2. The van der Waals surface area contributed by atoms with Gasteiger partial charge in [0, 0.05) is 19.6 Å². The zero-order valence-electron chi connectivity index (χ0n) is 12.2. The first-order chi connectivity index (χ1) is 9.58. The van der Waals surface area contributed by atoms with Gasteiger partial charge in [0.25, 0.3) is 0 Å². The molecule has 2 heterocycles. The lowest BCUT2D eigenvalue weighted by molar-refractivity contribution is -0.143. The molecule has 0 bridgehead atoms. The summed E-state index contributed by atoms with van der Waals surface area (Å²) < 4.78 is 0. The van der Waals surface area contributed by atoms with Crippen molar-refractivity contribution >= 4 is 12.0 Å². The van der Waals surface area contributed by atoms with Crippen LogP contribution in [-0.4, -0.2) is 66.2 Å². The number of aliphatic carboxylic acids is 1. The second-order valence-corrected chi connectivity index (χ2v) is 6.00. The normalized spacial score (nSPS) is 28.1. The molecule has 0 radical (unpaired) electrons. The first-order valence-corrected chi connectivity index (χ1v) is 7.53. The number of piperidine rings is 2. The van der Waals surface area contributed by atoms with E-state index in [0.717, 1.165) is 32.4 Å². The van der Waals surface area contributed by atoms with Crippen molar-refractivity contribution in [2.24, 2.45) is 5.92 Å². The fraction of sp³-hybridized carbons (Fsp3) is 0.857. The van der Waals surface area contributed by atoms with Crippen LogP contribution in [0.25, 0.3) is 0 Å². The van der Waals surface area contributed by atoms with Gasteiger partial charge in [0.05, 0.1) is 0 Å². The maximum atomic E-state index is 12.2. The van der Waals surface area contributed by atoms with Crippen molar-refractivity contribution in [2.75, 3.05) is 33.2 Å². The van der Waals surface area contributed by atoms with E-state index in [1.165, 1.54) is 11.3 Å². The highest BCUT2D eigenvalue weighted by molar-refractivity contribution is 5.82. The van der Waals surface area contributed by atoms with Gasteiger partial charge in [-0.2, -0.15) is 0 Å². The Morgan fingerprint density at radius 3 is 2.70 bits per heavy atom. The molecule has 0 aromatic carbocycles. The number of urea groups is 1. The molecule has 2 unspecified atom stereocenters. The molecule has 2 saturated heterocycles. The lowest BCUT2D eigenvalue weighted by Crippen LogP contribution is -2.53. The number of nitrogens with one attached hydrogen (secondary N) is 1. The molecule has 0 saturated carbocycles.